The summed E-state index contributed by atoms with van der Waals surface area (Å²) in [6, 6.07) is 5.59. The van der Waals surface area contributed by atoms with Crippen molar-refractivity contribution in [2.75, 3.05) is 13.7 Å². The minimum atomic E-state index is -0.733. The molecule has 0 spiro atoms. The molecule has 18 heavy (non-hydrogen) atoms. The largest absolute Gasteiger partial charge is 0.496 e. The van der Waals surface area contributed by atoms with Crippen LogP contribution in [0.15, 0.2) is 18.2 Å². The fourth-order valence-electron chi connectivity index (χ4n) is 2.64. The average Bonchev–Trinajstić information content (AvgIpc) is 2.38. The Kier molecular flexibility index (Phi) is 3.87. The molecule has 0 bridgehead atoms. The molecule has 0 amide bonds. The molecule has 4 heteroatoms. The number of hydrogen-bond acceptors (Lipinski definition) is 3. The van der Waals surface area contributed by atoms with Gasteiger partial charge in [-0.15, -0.1) is 0 Å². The minimum Gasteiger partial charge on any atom is -0.496 e. The van der Waals surface area contributed by atoms with Crippen LogP contribution in [-0.4, -0.2) is 35.7 Å². The highest BCUT2D eigenvalue weighted by Gasteiger charge is 2.28. The van der Waals surface area contributed by atoms with Gasteiger partial charge in [-0.1, -0.05) is 19.1 Å². The molecule has 0 aromatic heterocycles. The second-order valence-electron chi connectivity index (χ2n) is 4.58. The van der Waals surface area contributed by atoms with Crippen molar-refractivity contribution in [2.24, 2.45) is 0 Å². The Morgan fingerprint density at radius 3 is 2.94 bits per heavy atom. The van der Waals surface area contributed by atoms with E-state index in [1.165, 1.54) is 11.1 Å². The highest BCUT2D eigenvalue weighted by atomic mass is 16.5. The van der Waals surface area contributed by atoms with E-state index in [1.807, 2.05) is 24.0 Å². The summed E-state index contributed by atoms with van der Waals surface area (Å²) >= 11 is 0. The summed E-state index contributed by atoms with van der Waals surface area (Å²) in [6.07, 6.45) is 1.48. The maximum Gasteiger partial charge on any atom is 0.320 e. The van der Waals surface area contributed by atoms with E-state index in [4.69, 9.17) is 4.74 Å². The molecule has 1 atom stereocenters. The number of nitrogens with zero attached hydrogens (tertiary/aromatic N) is 1. The molecule has 1 aromatic rings. The molecule has 1 aliphatic rings. The van der Waals surface area contributed by atoms with E-state index in [0.717, 1.165) is 18.7 Å². The van der Waals surface area contributed by atoms with E-state index in [0.29, 0.717) is 13.0 Å². The molecule has 98 valence electrons. The second-order valence-corrected chi connectivity index (χ2v) is 4.58. The number of methoxy groups -OCH3 is 1. The number of carbonyl (C=O) groups is 1. The summed E-state index contributed by atoms with van der Waals surface area (Å²) in [5, 5.41) is 9.21. The third-order valence-corrected chi connectivity index (χ3v) is 3.58. The predicted molar refractivity (Wildman–Crippen MR) is 68.8 cm³/mol. The SMILES string of the molecule is CCC(C(=O)O)N1CCc2c(cccc2OC)C1. The van der Waals surface area contributed by atoms with Gasteiger partial charge in [-0.2, -0.15) is 0 Å². The highest BCUT2D eigenvalue weighted by molar-refractivity contribution is 5.73. The summed E-state index contributed by atoms with van der Waals surface area (Å²) < 4.78 is 5.35. The number of ether oxygens (including phenoxy) is 1. The van der Waals surface area contributed by atoms with E-state index in [-0.39, 0.29) is 6.04 Å². The molecule has 1 aliphatic heterocycles. The Morgan fingerprint density at radius 1 is 1.56 bits per heavy atom. The van der Waals surface area contributed by atoms with Gasteiger partial charge < -0.3 is 9.84 Å². The molecular formula is C14H19NO3. The van der Waals surface area contributed by atoms with E-state index in [9.17, 15) is 9.90 Å². The molecule has 4 nitrogen and oxygen atoms in total. The van der Waals surface area contributed by atoms with Gasteiger partial charge in [0.2, 0.25) is 0 Å². The van der Waals surface area contributed by atoms with E-state index < -0.39 is 5.97 Å². The van der Waals surface area contributed by atoms with Gasteiger partial charge in [0.1, 0.15) is 11.8 Å². The molecule has 0 saturated carbocycles. The zero-order chi connectivity index (χ0) is 13.1. The molecule has 1 heterocycles. The fourth-order valence-corrected chi connectivity index (χ4v) is 2.64. The van der Waals surface area contributed by atoms with Gasteiger partial charge in [0, 0.05) is 13.1 Å². The van der Waals surface area contributed by atoms with Crippen molar-refractivity contribution >= 4 is 5.97 Å². The van der Waals surface area contributed by atoms with Crippen LogP contribution >= 0.6 is 0 Å². The minimum absolute atomic E-state index is 0.385. The number of carboxylic acid groups (broad SMARTS) is 1. The Bertz CT molecular complexity index is 445. The van der Waals surface area contributed by atoms with Gasteiger partial charge in [-0.05, 0) is 30.0 Å². The lowest BCUT2D eigenvalue weighted by molar-refractivity contribution is -0.143. The maximum absolute atomic E-state index is 11.2. The molecule has 0 fully saturated rings. The van der Waals surface area contributed by atoms with Crippen LogP contribution in [-0.2, 0) is 17.8 Å². The van der Waals surface area contributed by atoms with Crippen LogP contribution in [0.1, 0.15) is 24.5 Å². The first kappa shape index (κ1) is 12.9. The van der Waals surface area contributed by atoms with Crippen molar-refractivity contribution < 1.29 is 14.6 Å². The molecule has 2 rings (SSSR count). The van der Waals surface area contributed by atoms with Crippen molar-refractivity contribution in [3.63, 3.8) is 0 Å². The number of hydrogen-bond donors (Lipinski definition) is 1. The Hall–Kier alpha value is -1.55. The van der Waals surface area contributed by atoms with E-state index in [1.54, 1.807) is 7.11 Å². The zero-order valence-corrected chi connectivity index (χ0v) is 10.8. The molecule has 0 saturated heterocycles. The second kappa shape index (κ2) is 5.40. The van der Waals surface area contributed by atoms with E-state index in [2.05, 4.69) is 6.07 Å². The standard InChI is InChI=1S/C14H19NO3/c1-3-12(14(16)17)15-8-7-11-10(9-15)5-4-6-13(11)18-2/h4-6,12H,3,7-9H2,1-2H3,(H,16,17). The van der Waals surface area contributed by atoms with Crippen LogP contribution in [0.4, 0.5) is 0 Å². The van der Waals surface area contributed by atoms with Gasteiger partial charge in [-0.3, -0.25) is 9.69 Å². The molecule has 1 unspecified atom stereocenters. The highest BCUT2D eigenvalue weighted by Crippen LogP contribution is 2.28. The molecule has 0 radical (unpaired) electrons. The van der Waals surface area contributed by atoms with E-state index >= 15 is 0 Å². The summed E-state index contributed by atoms with van der Waals surface area (Å²) in [4.78, 5) is 13.2. The topological polar surface area (TPSA) is 49.8 Å². The Labute approximate surface area is 107 Å². The molecule has 0 aliphatic carbocycles. The average molecular weight is 249 g/mol. The van der Waals surface area contributed by atoms with Crippen LogP contribution in [0.25, 0.3) is 0 Å². The van der Waals surface area contributed by atoms with Gasteiger partial charge in [0.05, 0.1) is 7.11 Å². The molecular weight excluding hydrogens is 230 g/mol. The number of rotatable bonds is 4. The fraction of sp³-hybridized carbons (Fsp3) is 0.500. The number of benzene rings is 1. The van der Waals surface area contributed by atoms with Crippen LogP contribution in [0.3, 0.4) is 0 Å². The van der Waals surface area contributed by atoms with Crippen molar-refractivity contribution in [3.8, 4) is 5.75 Å². The van der Waals surface area contributed by atoms with Crippen molar-refractivity contribution in [2.45, 2.75) is 32.4 Å². The maximum atomic E-state index is 11.2. The third kappa shape index (κ3) is 2.34. The lowest BCUT2D eigenvalue weighted by Gasteiger charge is -2.33. The van der Waals surface area contributed by atoms with Gasteiger partial charge >= 0.3 is 5.97 Å². The quantitative estimate of drug-likeness (QED) is 0.885. The normalized spacial score (nSPS) is 17.0. The van der Waals surface area contributed by atoms with Crippen molar-refractivity contribution in [1.29, 1.82) is 0 Å². The van der Waals surface area contributed by atoms with Crippen molar-refractivity contribution in [3.05, 3.63) is 29.3 Å². The van der Waals surface area contributed by atoms with Crippen LogP contribution < -0.4 is 4.74 Å². The molecule has 1 aromatic carbocycles. The number of carboxylic acids is 1. The first-order valence-electron chi connectivity index (χ1n) is 6.29. The Balaban J connectivity index is 2.22. The van der Waals surface area contributed by atoms with Crippen molar-refractivity contribution in [1.82, 2.24) is 4.90 Å². The zero-order valence-electron chi connectivity index (χ0n) is 10.8. The van der Waals surface area contributed by atoms with Crippen LogP contribution in [0, 0.1) is 0 Å². The monoisotopic (exact) mass is 249 g/mol. The summed E-state index contributed by atoms with van der Waals surface area (Å²) in [6.45, 7) is 3.38. The first-order chi connectivity index (χ1) is 8.67. The first-order valence-corrected chi connectivity index (χ1v) is 6.29. The lowest BCUT2D eigenvalue weighted by atomic mass is 9.97. The lowest BCUT2D eigenvalue weighted by Crippen LogP contribution is -2.43. The Morgan fingerprint density at radius 2 is 2.33 bits per heavy atom. The van der Waals surface area contributed by atoms with Crippen LogP contribution in [0.2, 0.25) is 0 Å². The molecule has 1 N–H and O–H groups in total. The van der Waals surface area contributed by atoms with Gasteiger partial charge in [0.15, 0.2) is 0 Å². The predicted octanol–water partition coefficient (Wildman–Crippen LogP) is 1.92. The number of aliphatic carboxylic acids is 1. The smallest absolute Gasteiger partial charge is 0.320 e. The number of fused-ring (bicyclic) bond motifs is 1. The van der Waals surface area contributed by atoms with Crippen LogP contribution in [0.5, 0.6) is 5.75 Å². The summed E-state index contributed by atoms with van der Waals surface area (Å²) in [5.41, 5.74) is 2.40. The summed E-state index contributed by atoms with van der Waals surface area (Å²) in [5.74, 6) is 0.180. The third-order valence-electron chi connectivity index (χ3n) is 3.58. The summed E-state index contributed by atoms with van der Waals surface area (Å²) in [7, 11) is 1.67. The van der Waals surface area contributed by atoms with Gasteiger partial charge in [0.25, 0.3) is 0 Å². The van der Waals surface area contributed by atoms with Gasteiger partial charge in [-0.25, -0.2) is 0 Å².